The fourth-order valence-electron chi connectivity index (χ4n) is 2.12. The zero-order valence-corrected chi connectivity index (χ0v) is 13.1. The Morgan fingerprint density at radius 2 is 1.91 bits per heavy atom. The summed E-state index contributed by atoms with van der Waals surface area (Å²) in [5.41, 5.74) is 2.40. The topological polar surface area (TPSA) is 87.0 Å². The van der Waals surface area contributed by atoms with Crippen molar-refractivity contribution in [2.75, 3.05) is 0 Å². The van der Waals surface area contributed by atoms with Gasteiger partial charge in [0.15, 0.2) is 0 Å². The van der Waals surface area contributed by atoms with Crippen molar-refractivity contribution in [1.82, 2.24) is 20.2 Å². The second-order valence-corrected chi connectivity index (χ2v) is 6.59. The van der Waals surface area contributed by atoms with Crippen molar-refractivity contribution in [2.45, 2.75) is 12.7 Å². The van der Waals surface area contributed by atoms with Gasteiger partial charge in [-0.05, 0) is 47.2 Å². The molecule has 1 aromatic heterocycles. The van der Waals surface area contributed by atoms with Gasteiger partial charge in [0.05, 0.1) is 5.69 Å². The molecule has 0 atom stereocenters. The van der Waals surface area contributed by atoms with Gasteiger partial charge in [-0.3, -0.25) is 0 Å². The fraction of sp³-hybridized carbons (Fsp3) is 0.133. The van der Waals surface area contributed by atoms with Gasteiger partial charge in [-0.15, -0.1) is 5.10 Å². The highest BCUT2D eigenvalue weighted by Gasteiger charge is 2.14. The molecule has 0 spiro atoms. The first kappa shape index (κ1) is 15.2. The standard InChI is InChI=1S/C15H14N4O3S/c1-12-3-2-4-13(9-12)10-23(20,21)22-15-7-5-14(6-8-15)19-11-16-17-18-19/h2-9,11H,10H2,1H3. The molecule has 7 nitrogen and oxygen atoms in total. The van der Waals surface area contributed by atoms with E-state index in [1.165, 1.54) is 11.0 Å². The minimum Gasteiger partial charge on any atom is -0.382 e. The van der Waals surface area contributed by atoms with Gasteiger partial charge < -0.3 is 4.18 Å². The maximum absolute atomic E-state index is 12.1. The van der Waals surface area contributed by atoms with Gasteiger partial charge in [-0.25, -0.2) is 4.68 Å². The SMILES string of the molecule is Cc1cccc(CS(=O)(=O)Oc2ccc(-n3cnnn3)cc2)c1. The second-order valence-electron chi connectivity index (χ2n) is 5.02. The monoisotopic (exact) mass is 330 g/mol. The Morgan fingerprint density at radius 1 is 1.13 bits per heavy atom. The highest BCUT2D eigenvalue weighted by molar-refractivity contribution is 7.86. The van der Waals surface area contributed by atoms with Crippen molar-refractivity contribution >= 4 is 10.1 Å². The van der Waals surface area contributed by atoms with Gasteiger partial charge in [0.25, 0.3) is 0 Å². The number of benzene rings is 2. The molecular weight excluding hydrogens is 316 g/mol. The molecule has 0 N–H and O–H groups in total. The third-order valence-electron chi connectivity index (χ3n) is 3.10. The van der Waals surface area contributed by atoms with Gasteiger partial charge in [-0.1, -0.05) is 29.8 Å². The molecule has 3 aromatic rings. The molecule has 23 heavy (non-hydrogen) atoms. The Morgan fingerprint density at radius 3 is 2.57 bits per heavy atom. The Balaban J connectivity index is 1.73. The molecule has 0 fully saturated rings. The average molecular weight is 330 g/mol. The Kier molecular flexibility index (Phi) is 4.07. The number of aryl methyl sites for hydroxylation is 1. The highest BCUT2D eigenvalue weighted by atomic mass is 32.2. The van der Waals surface area contributed by atoms with E-state index in [9.17, 15) is 8.42 Å². The lowest BCUT2D eigenvalue weighted by atomic mass is 10.2. The van der Waals surface area contributed by atoms with Crippen molar-refractivity contribution in [3.8, 4) is 11.4 Å². The summed E-state index contributed by atoms with van der Waals surface area (Å²) in [6.07, 6.45) is 1.45. The molecule has 0 saturated heterocycles. The first-order valence-electron chi connectivity index (χ1n) is 6.83. The molecule has 0 saturated carbocycles. The molecule has 3 rings (SSSR count). The smallest absolute Gasteiger partial charge is 0.313 e. The van der Waals surface area contributed by atoms with Gasteiger partial charge in [0, 0.05) is 0 Å². The quantitative estimate of drug-likeness (QED) is 0.664. The van der Waals surface area contributed by atoms with Crippen LogP contribution in [0.5, 0.6) is 5.75 Å². The minimum absolute atomic E-state index is 0.177. The first-order valence-corrected chi connectivity index (χ1v) is 8.41. The van der Waals surface area contributed by atoms with E-state index in [1.807, 2.05) is 25.1 Å². The van der Waals surface area contributed by atoms with E-state index >= 15 is 0 Å². The number of hydrogen-bond donors (Lipinski definition) is 0. The van der Waals surface area contributed by atoms with Crippen LogP contribution in [0.4, 0.5) is 0 Å². The summed E-state index contributed by atoms with van der Waals surface area (Å²) in [7, 11) is -3.72. The number of tetrazole rings is 1. The average Bonchev–Trinajstić information content (AvgIpc) is 3.01. The Bertz CT molecular complexity index is 891. The summed E-state index contributed by atoms with van der Waals surface area (Å²) in [5, 5.41) is 10.8. The molecule has 8 heteroatoms. The van der Waals surface area contributed by atoms with Crippen LogP contribution in [0.25, 0.3) is 5.69 Å². The zero-order chi connectivity index (χ0) is 16.3. The van der Waals surface area contributed by atoms with E-state index < -0.39 is 10.1 Å². The minimum atomic E-state index is -3.72. The molecular formula is C15H14N4O3S. The van der Waals surface area contributed by atoms with Crippen molar-refractivity contribution in [3.63, 3.8) is 0 Å². The Labute approximate surface area is 133 Å². The maximum atomic E-state index is 12.1. The lowest BCUT2D eigenvalue weighted by Crippen LogP contribution is -2.12. The maximum Gasteiger partial charge on any atom is 0.313 e. The van der Waals surface area contributed by atoms with Gasteiger partial charge in [-0.2, -0.15) is 8.42 Å². The molecule has 0 unspecified atom stereocenters. The normalized spacial score (nSPS) is 11.3. The van der Waals surface area contributed by atoms with E-state index in [2.05, 4.69) is 15.5 Å². The number of aromatic nitrogens is 4. The molecule has 0 aliphatic carbocycles. The molecule has 2 aromatic carbocycles. The van der Waals surface area contributed by atoms with Crippen LogP contribution in [0.1, 0.15) is 11.1 Å². The molecule has 0 radical (unpaired) electrons. The third kappa shape index (κ3) is 3.92. The summed E-state index contributed by atoms with van der Waals surface area (Å²) < 4.78 is 30.9. The summed E-state index contributed by atoms with van der Waals surface area (Å²) in [4.78, 5) is 0. The van der Waals surface area contributed by atoms with Crippen molar-refractivity contribution < 1.29 is 12.6 Å². The molecule has 0 aliphatic heterocycles. The van der Waals surface area contributed by atoms with Crippen molar-refractivity contribution in [2.24, 2.45) is 0 Å². The van der Waals surface area contributed by atoms with Crippen molar-refractivity contribution in [1.29, 1.82) is 0 Å². The van der Waals surface area contributed by atoms with E-state index in [0.29, 0.717) is 11.3 Å². The van der Waals surface area contributed by atoms with E-state index in [0.717, 1.165) is 5.56 Å². The molecule has 118 valence electrons. The number of rotatable bonds is 5. The fourth-order valence-corrected chi connectivity index (χ4v) is 3.17. The first-order chi connectivity index (χ1) is 11.0. The predicted octanol–water partition coefficient (Wildman–Crippen LogP) is 1.88. The predicted molar refractivity (Wildman–Crippen MR) is 83.6 cm³/mol. The van der Waals surface area contributed by atoms with Crippen LogP contribution >= 0.6 is 0 Å². The van der Waals surface area contributed by atoms with Crippen LogP contribution in [-0.4, -0.2) is 28.6 Å². The van der Waals surface area contributed by atoms with E-state index in [1.54, 1.807) is 30.3 Å². The second kappa shape index (κ2) is 6.17. The lowest BCUT2D eigenvalue weighted by molar-refractivity contribution is 0.485. The van der Waals surface area contributed by atoms with E-state index in [4.69, 9.17) is 4.18 Å². The van der Waals surface area contributed by atoms with Crippen LogP contribution in [0, 0.1) is 6.92 Å². The van der Waals surface area contributed by atoms with Crippen LogP contribution in [0.3, 0.4) is 0 Å². The summed E-state index contributed by atoms with van der Waals surface area (Å²) in [5.74, 6) is 0.0677. The van der Waals surface area contributed by atoms with Gasteiger partial charge in [0.1, 0.15) is 17.8 Å². The summed E-state index contributed by atoms with van der Waals surface area (Å²) in [6.45, 7) is 1.91. The van der Waals surface area contributed by atoms with Crippen LogP contribution < -0.4 is 4.18 Å². The number of hydrogen-bond acceptors (Lipinski definition) is 6. The molecule has 0 bridgehead atoms. The van der Waals surface area contributed by atoms with Crippen LogP contribution in [0.15, 0.2) is 54.9 Å². The highest BCUT2D eigenvalue weighted by Crippen LogP contribution is 2.18. The lowest BCUT2D eigenvalue weighted by Gasteiger charge is -2.08. The van der Waals surface area contributed by atoms with Gasteiger partial charge in [0.2, 0.25) is 0 Å². The summed E-state index contributed by atoms with van der Waals surface area (Å²) >= 11 is 0. The largest absolute Gasteiger partial charge is 0.382 e. The van der Waals surface area contributed by atoms with E-state index in [-0.39, 0.29) is 11.5 Å². The van der Waals surface area contributed by atoms with Crippen LogP contribution in [-0.2, 0) is 15.9 Å². The Hall–Kier alpha value is -2.74. The number of nitrogens with zero attached hydrogens (tertiary/aromatic N) is 4. The molecule has 0 aliphatic rings. The summed E-state index contributed by atoms with van der Waals surface area (Å²) in [6, 6.07) is 13.8. The van der Waals surface area contributed by atoms with Crippen molar-refractivity contribution in [3.05, 3.63) is 66.0 Å². The molecule has 1 heterocycles. The zero-order valence-electron chi connectivity index (χ0n) is 12.3. The molecule has 0 amide bonds. The third-order valence-corrected chi connectivity index (χ3v) is 4.23. The van der Waals surface area contributed by atoms with Gasteiger partial charge >= 0.3 is 10.1 Å². The van der Waals surface area contributed by atoms with Crippen LogP contribution in [0.2, 0.25) is 0 Å².